The summed E-state index contributed by atoms with van der Waals surface area (Å²) in [5.41, 5.74) is 0.492. The molecule has 0 radical (unpaired) electrons. The Balaban J connectivity index is 2.92. The minimum absolute atomic E-state index is 0.492. The van der Waals surface area contributed by atoms with Gasteiger partial charge < -0.3 is 19.7 Å². The van der Waals surface area contributed by atoms with Crippen LogP contribution in [0.4, 0.5) is 0 Å². The molecule has 1 aromatic carbocycles. The summed E-state index contributed by atoms with van der Waals surface area (Å²) in [5.74, 6) is -0.499. The van der Waals surface area contributed by atoms with E-state index in [1.54, 1.807) is 38.1 Å². The van der Waals surface area contributed by atoms with Crippen molar-refractivity contribution in [3.05, 3.63) is 29.8 Å². The van der Waals surface area contributed by atoms with Crippen LogP contribution in [-0.4, -0.2) is 35.0 Å². The highest BCUT2D eigenvalue weighted by Gasteiger charge is 2.25. The van der Waals surface area contributed by atoms with E-state index in [0.717, 1.165) is 0 Å². The number of carboxylic acids is 1. The zero-order valence-corrected chi connectivity index (χ0v) is 11.4. The van der Waals surface area contributed by atoms with Crippen molar-refractivity contribution >= 4 is 5.97 Å². The van der Waals surface area contributed by atoms with Gasteiger partial charge in [-0.15, -0.1) is 0 Å². The topological polar surface area (TPSA) is 76.0 Å². The van der Waals surface area contributed by atoms with Crippen molar-refractivity contribution in [3.8, 4) is 5.75 Å². The van der Waals surface area contributed by atoms with Crippen molar-refractivity contribution in [2.75, 3.05) is 6.61 Å². The molecule has 1 rings (SSSR count). The monoisotopic (exact) mass is 268 g/mol. The van der Waals surface area contributed by atoms with Gasteiger partial charge >= 0.3 is 5.97 Å². The Kier molecular flexibility index (Phi) is 5.79. The molecular formula is C14H20O5. The Labute approximate surface area is 112 Å². The fourth-order valence-electron chi connectivity index (χ4n) is 1.54. The highest BCUT2D eigenvalue weighted by atomic mass is 16.5. The van der Waals surface area contributed by atoms with Crippen molar-refractivity contribution in [2.24, 2.45) is 0 Å². The standard InChI is InChI=1S/C14H20O5/c1-4-18-12-7-5-6-11(8-12)13(14(16)17)19-10(3)9(2)15/h5-10,13,15H,4H2,1-3H3,(H,16,17). The van der Waals surface area contributed by atoms with Crippen LogP contribution in [0.3, 0.4) is 0 Å². The fourth-order valence-corrected chi connectivity index (χ4v) is 1.54. The van der Waals surface area contributed by atoms with E-state index in [0.29, 0.717) is 17.9 Å². The highest BCUT2D eigenvalue weighted by molar-refractivity contribution is 5.74. The summed E-state index contributed by atoms with van der Waals surface area (Å²) in [6.07, 6.45) is -2.43. The van der Waals surface area contributed by atoms with Gasteiger partial charge in [0.05, 0.1) is 18.8 Å². The number of aliphatic hydroxyl groups excluding tert-OH is 1. The number of carboxylic acid groups (broad SMARTS) is 1. The molecule has 19 heavy (non-hydrogen) atoms. The van der Waals surface area contributed by atoms with E-state index < -0.39 is 24.3 Å². The number of aliphatic hydroxyl groups is 1. The van der Waals surface area contributed by atoms with Gasteiger partial charge in [-0.25, -0.2) is 4.79 Å². The first-order chi connectivity index (χ1) is 8.95. The Morgan fingerprint density at radius 1 is 1.37 bits per heavy atom. The molecule has 0 heterocycles. The molecule has 0 aliphatic carbocycles. The van der Waals surface area contributed by atoms with E-state index >= 15 is 0 Å². The number of carbonyl (C=O) groups is 1. The zero-order valence-electron chi connectivity index (χ0n) is 11.4. The molecule has 0 saturated carbocycles. The molecule has 0 fully saturated rings. The summed E-state index contributed by atoms with van der Waals surface area (Å²) in [6, 6.07) is 6.77. The molecule has 1 aromatic rings. The van der Waals surface area contributed by atoms with Crippen LogP contribution in [0.2, 0.25) is 0 Å². The van der Waals surface area contributed by atoms with Crippen LogP contribution in [-0.2, 0) is 9.53 Å². The first kappa shape index (κ1) is 15.5. The second-order valence-corrected chi connectivity index (χ2v) is 4.31. The van der Waals surface area contributed by atoms with Crippen molar-refractivity contribution in [2.45, 2.75) is 39.1 Å². The maximum absolute atomic E-state index is 11.3. The van der Waals surface area contributed by atoms with Crippen LogP contribution in [0.25, 0.3) is 0 Å². The fraction of sp³-hybridized carbons (Fsp3) is 0.500. The Bertz CT molecular complexity index is 416. The molecule has 3 atom stereocenters. The number of hydrogen-bond acceptors (Lipinski definition) is 4. The molecule has 0 aliphatic heterocycles. The predicted molar refractivity (Wildman–Crippen MR) is 70.2 cm³/mol. The van der Waals surface area contributed by atoms with Gasteiger partial charge in [-0.05, 0) is 38.5 Å². The van der Waals surface area contributed by atoms with Gasteiger partial charge in [0.25, 0.3) is 0 Å². The SMILES string of the molecule is CCOc1cccc(C(OC(C)C(C)O)C(=O)O)c1. The third kappa shape index (κ3) is 4.54. The van der Waals surface area contributed by atoms with Crippen LogP contribution in [0, 0.1) is 0 Å². The summed E-state index contributed by atoms with van der Waals surface area (Å²) in [7, 11) is 0. The van der Waals surface area contributed by atoms with Gasteiger partial charge in [-0.1, -0.05) is 12.1 Å². The minimum Gasteiger partial charge on any atom is -0.494 e. The molecule has 0 saturated heterocycles. The molecular weight excluding hydrogens is 248 g/mol. The lowest BCUT2D eigenvalue weighted by atomic mass is 10.1. The smallest absolute Gasteiger partial charge is 0.337 e. The molecule has 0 aromatic heterocycles. The third-order valence-corrected chi connectivity index (χ3v) is 2.73. The quantitative estimate of drug-likeness (QED) is 0.791. The molecule has 5 nitrogen and oxygen atoms in total. The van der Waals surface area contributed by atoms with Crippen molar-refractivity contribution in [1.82, 2.24) is 0 Å². The summed E-state index contributed by atoms with van der Waals surface area (Å²) in [4.78, 5) is 11.3. The Hall–Kier alpha value is -1.59. The molecule has 0 aliphatic rings. The van der Waals surface area contributed by atoms with E-state index in [2.05, 4.69) is 0 Å². The number of ether oxygens (including phenoxy) is 2. The molecule has 0 amide bonds. The third-order valence-electron chi connectivity index (χ3n) is 2.73. The van der Waals surface area contributed by atoms with Gasteiger partial charge in [0, 0.05) is 0 Å². The summed E-state index contributed by atoms with van der Waals surface area (Å²) in [6.45, 7) is 5.55. The van der Waals surface area contributed by atoms with Crippen molar-refractivity contribution in [1.29, 1.82) is 0 Å². The first-order valence-electron chi connectivity index (χ1n) is 6.24. The van der Waals surface area contributed by atoms with Gasteiger partial charge in [-0.3, -0.25) is 0 Å². The molecule has 5 heteroatoms. The average molecular weight is 268 g/mol. The summed E-state index contributed by atoms with van der Waals surface area (Å²) in [5, 5.41) is 18.6. The first-order valence-corrected chi connectivity index (χ1v) is 6.24. The zero-order chi connectivity index (χ0) is 14.4. The van der Waals surface area contributed by atoms with Crippen molar-refractivity contribution in [3.63, 3.8) is 0 Å². The number of aliphatic carboxylic acids is 1. The summed E-state index contributed by atoms with van der Waals surface area (Å²) >= 11 is 0. The van der Waals surface area contributed by atoms with Crippen LogP contribution >= 0.6 is 0 Å². The maximum Gasteiger partial charge on any atom is 0.337 e. The molecule has 3 unspecified atom stereocenters. The normalized spacial score (nSPS) is 15.6. The van der Waals surface area contributed by atoms with E-state index in [9.17, 15) is 15.0 Å². The van der Waals surface area contributed by atoms with E-state index in [1.807, 2.05) is 6.92 Å². The van der Waals surface area contributed by atoms with E-state index in [1.165, 1.54) is 0 Å². The molecule has 0 spiro atoms. The van der Waals surface area contributed by atoms with Gasteiger partial charge in [-0.2, -0.15) is 0 Å². The lowest BCUT2D eigenvalue weighted by Gasteiger charge is -2.21. The number of hydrogen-bond donors (Lipinski definition) is 2. The minimum atomic E-state index is -1.12. The largest absolute Gasteiger partial charge is 0.494 e. The van der Waals surface area contributed by atoms with Crippen LogP contribution in [0.5, 0.6) is 5.75 Å². The van der Waals surface area contributed by atoms with E-state index in [-0.39, 0.29) is 0 Å². The number of rotatable bonds is 7. The maximum atomic E-state index is 11.3. The Morgan fingerprint density at radius 2 is 2.05 bits per heavy atom. The van der Waals surface area contributed by atoms with Crippen LogP contribution < -0.4 is 4.74 Å². The highest BCUT2D eigenvalue weighted by Crippen LogP contribution is 2.24. The lowest BCUT2D eigenvalue weighted by molar-refractivity contribution is -0.158. The second kappa shape index (κ2) is 7.11. The van der Waals surface area contributed by atoms with Crippen molar-refractivity contribution < 1.29 is 24.5 Å². The average Bonchev–Trinajstić information content (AvgIpc) is 2.35. The second-order valence-electron chi connectivity index (χ2n) is 4.31. The molecule has 2 N–H and O–H groups in total. The Morgan fingerprint density at radius 3 is 2.58 bits per heavy atom. The van der Waals surface area contributed by atoms with Gasteiger partial charge in [0.1, 0.15) is 5.75 Å². The number of benzene rings is 1. The van der Waals surface area contributed by atoms with Gasteiger partial charge in [0.2, 0.25) is 0 Å². The van der Waals surface area contributed by atoms with Crippen LogP contribution in [0.15, 0.2) is 24.3 Å². The molecule has 106 valence electrons. The van der Waals surface area contributed by atoms with Crippen LogP contribution in [0.1, 0.15) is 32.4 Å². The van der Waals surface area contributed by atoms with E-state index in [4.69, 9.17) is 9.47 Å². The summed E-state index contributed by atoms with van der Waals surface area (Å²) < 4.78 is 10.7. The van der Waals surface area contributed by atoms with Gasteiger partial charge in [0.15, 0.2) is 6.10 Å². The lowest BCUT2D eigenvalue weighted by Crippen LogP contribution is -2.28. The predicted octanol–water partition coefficient (Wildman–Crippen LogP) is 2.00. The molecule has 0 bridgehead atoms.